The van der Waals surface area contributed by atoms with Gasteiger partial charge in [0, 0.05) is 13.5 Å². The van der Waals surface area contributed by atoms with Gasteiger partial charge in [0.25, 0.3) is 0 Å². The van der Waals surface area contributed by atoms with E-state index in [0.29, 0.717) is 0 Å². The zero-order valence-electron chi connectivity index (χ0n) is 17.3. The van der Waals surface area contributed by atoms with Crippen LogP contribution in [0.1, 0.15) is 6.42 Å². The van der Waals surface area contributed by atoms with Gasteiger partial charge in [-0.25, -0.2) is 0 Å². The Morgan fingerprint density at radius 2 is 1.08 bits per heavy atom. The standard InChI is InChI=1S/C12H22Si2.C6H13F3OSi/c1-13(2,3)11-7-9-12(10-8-11)14(4,5)6;1-10-11(2,3)5-4-6(7,8)9/h7-10H,1-6H3;4-5H2,1-3H3. The van der Waals surface area contributed by atoms with Crippen LogP contribution in [-0.2, 0) is 4.43 Å². The second kappa shape index (κ2) is 9.01. The first-order valence-corrected chi connectivity index (χ1v) is 18.8. The third-order valence-electron chi connectivity index (χ3n) is 4.18. The smallest absolute Gasteiger partial charge is 0.388 e. The summed E-state index contributed by atoms with van der Waals surface area (Å²) in [7, 11) is -2.73. The van der Waals surface area contributed by atoms with Crippen molar-refractivity contribution in [2.24, 2.45) is 0 Å². The number of hydrogen-bond acceptors (Lipinski definition) is 1. The van der Waals surface area contributed by atoms with Crippen LogP contribution in [0.4, 0.5) is 13.2 Å². The summed E-state index contributed by atoms with van der Waals surface area (Å²) < 4.78 is 40.0. The molecule has 0 heterocycles. The molecule has 0 saturated heterocycles. The number of rotatable bonds is 5. The molecule has 1 nitrogen and oxygen atoms in total. The van der Waals surface area contributed by atoms with Crippen LogP contribution in [0.2, 0.25) is 58.4 Å². The third kappa shape index (κ3) is 11.0. The van der Waals surface area contributed by atoms with Gasteiger partial charge in [0.15, 0.2) is 8.32 Å². The molecule has 0 aliphatic rings. The zero-order chi connectivity index (χ0) is 20.1. The van der Waals surface area contributed by atoms with Crippen LogP contribution in [0, 0.1) is 0 Å². The summed E-state index contributed by atoms with van der Waals surface area (Å²) in [5.74, 6) is 0. The van der Waals surface area contributed by atoms with Crippen molar-refractivity contribution in [1.29, 1.82) is 0 Å². The summed E-state index contributed by atoms with van der Waals surface area (Å²) in [6.45, 7) is 17.9. The van der Waals surface area contributed by atoms with E-state index < -0.39 is 37.1 Å². The number of alkyl halides is 3. The van der Waals surface area contributed by atoms with E-state index in [2.05, 4.69) is 63.5 Å². The first kappa shape index (κ1) is 24.6. The highest BCUT2D eigenvalue weighted by atomic mass is 28.4. The molecule has 25 heavy (non-hydrogen) atoms. The molecule has 0 unspecified atom stereocenters. The normalized spacial score (nSPS) is 13.3. The van der Waals surface area contributed by atoms with Gasteiger partial charge in [-0.05, 0) is 19.1 Å². The molecule has 1 aromatic carbocycles. The van der Waals surface area contributed by atoms with Crippen molar-refractivity contribution in [1.82, 2.24) is 0 Å². The monoisotopic (exact) mass is 408 g/mol. The van der Waals surface area contributed by atoms with Crippen LogP contribution < -0.4 is 10.4 Å². The maximum Gasteiger partial charge on any atom is 0.388 e. The highest BCUT2D eigenvalue weighted by Gasteiger charge is 2.32. The Balaban J connectivity index is 0.000000477. The van der Waals surface area contributed by atoms with Crippen LogP contribution in [0.15, 0.2) is 24.3 Å². The Morgan fingerprint density at radius 3 is 1.28 bits per heavy atom. The summed E-state index contributed by atoms with van der Waals surface area (Å²) in [5.41, 5.74) is 0. The van der Waals surface area contributed by atoms with Gasteiger partial charge in [-0.3, -0.25) is 0 Å². The van der Waals surface area contributed by atoms with Gasteiger partial charge in [-0.15, -0.1) is 0 Å². The molecule has 0 fully saturated rings. The Labute approximate surface area is 155 Å². The molecule has 1 aromatic rings. The quantitative estimate of drug-likeness (QED) is 0.579. The Morgan fingerprint density at radius 1 is 0.760 bits per heavy atom. The summed E-state index contributed by atoms with van der Waals surface area (Å²) >= 11 is 0. The molecule has 0 aromatic heterocycles. The third-order valence-corrected chi connectivity index (χ3v) is 10.9. The minimum Gasteiger partial charge on any atom is -0.420 e. The first-order chi connectivity index (χ1) is 11.0. The molecule has 0 spiro atoms. The molecule has 0 aliphatic carbocycles. The molecule has 0 aliphatic heterocycles. The molecular weight excluding hydrogens is 373 g/mol. The van der Waals surface area contributed by atoms with Gasteiger partial charge >= 0.3 is 6.18 Å². The maximum absolute atomic E-state index is 11.7. The van der Waals surface area contributed by atoms with Gasteiger partial charge in [-0.1, -0.05) is 73.9 Å². The lowest BCUT2D eigenvalue weighted by molar-refractivity contribution is -0.131. The van der Waals surface area contributed by atoms with Crippen molar-refractivity contribution in [2.45, 2.75) is 71.0 Å². The van der Waals surface area contributed by atoms with E-state index in [1.54, 1.807) is 23.5 Å². The number of benzene rings is 1. The second-order valence-electron chi connectivity index (χ2n) is 9.16. The molecule has 0 N–H and O–H groups in total. The molecule has 7 heteroatoms. The lowest BCUT2D eigenvalue weighted by Crippen LogP contribution is -2.42. The van der Waals surface area contributed by atoms with Crippen molar-refractivity contribution in [3.05, 3.63) is 24.3 Å². The van der Waals surface area contributed by atoms with Crippen molar-refractivity contribution >= 4 is 34.8 Å². The Hall–Kier alpha value is -0.379. The molecule has 0 bridgehead atoms. The van der Waals surface area contributed by atoms with Crippen LogP contribution in [-0.4, -0.2) is 37.8 Å². The van der Waals surface area contributed by atoms with Gasteiger partial charge in [0.05, 0.1) is 16.1 Å². The van der Waals surface area contributed by atoms with Crippen LogP contribution >= 0.6 is 0 Å². The van der Waals surface area contributed by atoms with E-state index in [9.17, 15) is 13.2 Å². The Bertz CT molecular complexity index is 479. The van der Waals surface area contributed by atoms with Crippen molar-refractivity contribution in [3.63, 3.8) is 0 Å². The minimum atomic E-state index is -4.04. The maximum atomic E-state index is 11.7. The number of halogens is 3. The van der Waals surface area contributed by atoms with Crippen LogP contribution in [0.3, 0.4) is 0 Å². The van der Waals surface area contributed by atoms with E-state index in [0.717, 1.165) is 0 Å². The second-order valence-corrected chi connectivity index (χ2v) is 23.7. The number of hydrogen-bond donors (Lipinski definition) is 0. The summed E-state index contributed by atoms with van der Waals surface area (Å²) in [4.78, 5) is 0. The van der Waals surface area contributed by atoms with Crippen molar-refractivity contribution < 1.29 is 17.6 Å². The minimum absolute atomic E-state index is 0.146. The lowest BCUT2D eigenvalue weighted by atomic mass is 10.4. The average molecular weight is 409 g/mol. The summed E-state index contributed by atoms with van der Waals surface area (Å²) in [6.07, 6.45) is -4.76. The SMILES string of the molecule is CO[Si](C)(C)CCC(F)(F)F.C[Si](C)(C)c1ccc([Si](C)(C)C)cc1. The van der Waals surface area contributed by atoms with Gasteiger partial charge in [0.2, 0.25) is 0 Å². The fraction of sp³-hybridized carbons (Fsp3) is 0.667. The van der Waals surface area contributed by atoms with Crippen molar-refractivity contribution in [3.8, 4) is 0 Å². The van der Waals surface area contributed by atoms with E-state index in [4.69, 9.17) is 4.43 Å². The molecule has 146 valence electrons. The molecule has 0 amide bonds. The largest absolute Gasteiger partial charge is 0.420 e. The lowest BCUT2D eigenvalue weighted by Gasteiger charge is -2.20. The molecular formula is C18H35F3OSi3. The molecule has 1 rings (SSSR count). The molecule has 0 atom stereocenters. The van der Waals surface area contributed by atoms with Crippen molar-refractivity contribution in [2.75, 3.05) is 7.11 Å². The van der Waals surface area contributed by atoms with E-state index in [1.165, 1.54) is 7.11 Å². The average Bonchev–Trinajstić information content (AvgIpc) is 2.44. The predicted octanol–water partition coefficient (Wildman–Crippen LogP) is 5.57. The molecule has 0 radical (unpaired) electrons. The fourth-order valence-corrected chi connectivity index (χ4v) is 5.44. The summed E-state index contributed by atoms with van der Waals surface area (Å²) in [5, 5.41) is 3.14. The molecule has 0 saturated carbocycles. The summed E-state index contributed by atoms with van der Waals surface area (Å²) in [6, 6.07) is 9.53. The van der Waals surface area contributed by atoms with Crippen LogP contribution in [0.5, 0.6) is 0 Å². The highest BCUT2D eigenvalue weighted by molar-refractivity contribution is 6.90. The fourth-order valence-electron chi connectivity index (χ4n) is 2.02. The topological polar surface area (TPSA) is 9.23 Å². The van der Waals surface area contributed by atoms with Gasteiger partial charge in [0.1, 0.15) is 0 Å². The van der Waals surface area contributed by atoms with E-state index >= 15 is 0 Å². The van der Waals surface area contributed by atoms with Gasteiger partial charge in [-0.2, -0.15) is 13.2 Å². The van der Waals surface area contributed by atoms with Gasteiger partial charge < -0.3 is 4.43 Å². The van der Waals surface area contributed by atoms with E-state index in [-0.39, 0.29) is 6.04 Å². The predicted molar refractivity (Wildman–Crippen MR) is 112 cm³/mol. The van der Waals surface area contributed by atoms with Crippen LogP contribution in [0.25, 0.3) is 0 Å². The highest BCUT2D eigenvalue weighted by Crippen LogP contribution is 2.26. The Kier molecular flexibility index (Phi) is 8.88. The zero-order valence-corrected chi connectivity index (χ0v) is 20.3. The van der Waals surface area contributed by atoms with E-state index in [1.807, 2.05) is 0 Å². The first-order valence-electron chi connectivity index (χ1n) is 8.71.